The Morgan fingerprint density at radius 2 is 2.16 bits per heavy atom. The molecule has 2 rings (SSSR count). The van der Waals surface area contributed by atoms with Gasteiger partial charge in [-0.15, -0.1) is 5.92 Å². The molecule has 1 aromatic carbocycles. The summed E-state index contributed by atoms with van der Waals surface area (Å²) in [7, 11) is 1.58. The van der Waals surface area contributed by atoms with Gasteiger partial charge >= 0.3 is 0 Å². The summed E-state index contributed by atoms with van der Waals surface area (Å²) >= 11 is 0. The van der Waals surface area contributed by atoms with Gasteiger partial charge in [0.1, 0.15) is 17.9 Å². The second kappa shape index (κ2) is 5.47. The number of rotatable bonds is 3. The largest absolute Gasteiger partial charge is 0.479 e. The van der Waals surface area contributed by atoms with Crippen molar-refractivity contribution in [1.82, 2.24) is 4.98 Å². The van der Waals surface area contributed by atoms with Crippen molar-refractivity contribution in [3.63, 3.8) is 0 Å². The third-order valence-electron chi connectivity index (χ3n) is 2.43. The maximum absolute atomic E-state index is 11.5. The van der Waals surface area contributed by atoms with E-state index in [0.29, 0.717) is 16.7 Å². The van der Waals surface area contributed by atoms with Gasteiger partial charge in [0.15, 0.2) is 0 Å². The van der Waals surface area contributed by atoms with Gasteiger partial charge in [-0.3, -0.25) is 4.98 Å². The highest BCUT2D eigenvalue weighted by Gasteiger charge is 2.16. The molecule has 19 heavy (non-hydrogen) atoms. The normalized spacial score (nSPS) is 10.8. The monoisotopic (exact) mass is 295 g/mol. The predicted octanol–water partition coefficient (Wildman–Crippen LogP) is 2.56. The van der Waals surface area contributed by atoms with Gasteiger partial charge in [0.2, 0.25) is 0 Å². The summed E-state index contributed by atoms with van der Waals surface area (Å²) < 4.78 is 28.4. The third kappa shape index (κ3) is 2.98. The molecule has 98 valence electrons. The van der Waals surface area contributed by atoms with Gasteiger partial charge in [-0.2, -0.15) is 0 Å². The molecule has 6 heteroatoms. The van der Waals surface area contributed by atoms with E-state index in [9.17, 15) is 8.42 Å². The topological polar surface area (TPSA) is 56.3 Å². The first-order valence-corrected chi connectivity index (χ1v) is 7.70. The van der Waals surface area contributed by atoms with E-state index >= 15 is 0 Å². The molecule has 0 aliphatic carbocycles. The lowest BCUT2D eigenvalue weighted by atomic mass is 10.2. The van der Waals surface area contributed by atoms with Crippen LogP contribution in [0, 0.1) is 11.8 Å². The summed E-state index contributed by atoms with van der Waals surface area (Å²) in [5, 5.41) is 0.430. The molecule has 0 saturated heterocycles. The number of hydrogen-bond acceptors (Lipinski definition) is 4. The highest BCUT2D eigenvalue weighted by molar-refractivity contribution is 8.14. The standard InChI is InChI=1S/C13H10ClNO3S/c1-2-3-9-18-11-6-7-12(19(14,16)17)10-5-4-8-15-13(10)11/h4-8H,9H2,1H3. The lowest BCUT2D eigenvalue weighted by Crippen LogP contribution is -1.99. The highest BCUT2D eigenvalue weighted by Crippen LogP contribution is 2.30. The van der Waals surface area contributed by atoms with Gasteiger partial charge in [0.25, 0.3) is 9.05 Å². The summed E-state index contributed by atoms with van der Waals surface area (Å²) in [4.78, 5) is 4.16. The Bertz CT molecular complexity index is 775. The Hall–Kier alpha value is -1.77. The molecule has 0 fully saturated rings. The van der Waals surface area contributed by atoms with E-state index in [-0.39, 0.29) is 11.5 Å². The molecule has 0 radical (unpaired) electrons. The molecular weight excluding hydrogens is 286 g/mol. The van der Waals surface area contributed by atoms with Crippen molar-refractivity contribution in [2.75, 3.05) is 6.61 Å². The van der Waals surface area contributed by atoms with Crippen LogP contribution >= 0.6 is 10.7 Å². The third-order valence-corrected chi connectivity index (χ3v) is 3.81. The van der Waals surface area contributed by atoms with Crippen LogP contribution < -0.4 is 4.74 Å². The fourth-order valence-corrected chi connectivity index (χ4v) is 2.70. The molecule has 0 aliphatic heterocycles. The molecule has 0 atom stereocenters. The number of fused-ring (bicyclic) bond motifs is 1. The number of hydrogen-bond donors (Lipinski definition) is 0. The van der Waals surface area contributed by atoms with E-state index in [2.05, 4.69) is 16.8 Å². The second-order valence-electron chi connectivity index (χ2n) is 3.61. The fraction of sp³-hybridized carbons (Fsp3) is 0.154. The zero-order valence-electron chi connectivity index (χ0n) is 10.1. The highest BCUT2D eigenvalue weighted by atomic mass is 35.7. The van der Waals surface area contributed by atoms with E-state index in [0.717, 1.165) is 0 Å². The Labute approximate surface area is 115 Å². The zero-order chi connectivity index (χ0) is 13.9. The molecule has 0 unspecified atom stereocenters. The predicted molar refractivity (Wildman–Crippen MR) is 73.7 cm³/mol. The molecule has 4 nitrogen and oxygen atoms in total. The van der Waals surface area contributed by atoms with Crippen molar-refractivity contribution in [1.29, 1.82) is 0 Å². The Balaban J connectivity index is 2.61. The summed E-state index contributed by atoms with van der Waals surface area (Å²) in [5.41, 5.74) is 0.446. The van der Waals surface area contributed by atoms with Crippen molar-refractivity contribution in [2.45, 2.75) is 11.8 Å². The van der Waals surface area contributed by atoms with Crippen LogP contribution in [-0.2, 0) is 9.05 Å². The second-order valence-corrected chi connectivity index (χ2v) is 6.15. The van der Waals surface area contributed by atoms with E-state index in [1.165, 1.54) is 12.1 Å². The smallest absolute Gasteiger partial charge is 0.261 e. The number of aromatic nitrogens is 1. The van der Waals surface area contributed by atoms with Gasteiger partial charge in [-0.1, -0.05) is 5.92 Å². The van der Waals surface area contributed by atoms with Crippen LogP contribution in [0.15, 0.2) is 35.4 Å². The molecule has 0 saturated carbocycles. The molecule has 1 heterocycles. The molecule has 1 aromatic heterocycles. The van der Waals surface area contributed by atoms with Crippen LogP contribution in [0.25, 0.3) is 10.9 Å². The molecular formula is C13H10ClNO3S. The number of nitrogens with zero attached hydrogens (tertiary/aromatic N) is 1. The van der Waals surface area contributed by atoms with Crippen LogP contribution in [0.3, 0.4) is 0 Å². The summed E-state index contributed by atoms with van der Waals surface area (Å²) in [5.74, 6) is 5.95. The lowest BCUT2D eigenvalue weighted by Gasteiger charge is -2.08. The van der Waals surface area contributed by atoms with Crippen molar-refractivity contribution in [3.05, 3.63) is 30.5 Å². The lowest BCUT2D eigenvalue weighted by molar-refractivity contribution is 0.373. The van der Waals surface area contributed by atoms with Crippen LogP contribution in [0.5, 0.6) is 5.75 Å². The average molecular weight is 296 g/mol. The van der Waals surface area contributed by atoms with Gasteiger partial charge in [0.05, 0.1) is 4.90 Å². The molecule has 2 aromatic rings. The minimum atomic E-state index is -3.82. The minimum Gasteiger partial charge on any atom is -0.479 e. The first-order valence-electron chi connectivity index (χ1n) is 5.39. The quantitative estimate of drug-likeness (QED) is 0.645. The van der Waals surface area contributed by atoms with Gasteiger partial charge in [0, 0.05) is 22.3 Å². The van der Waals surface area contributed by atoms with Crippen LogP contribution in [0.4, 0.5) is 0 Å². The van der Waals surface area contributed by atoms with Crippen molar-refractivity contribution in [3.8, 4) is 17.6 Å². The van der Waals surface area contributed by atoms with Crippen LogP contribution in [0.2, 0.25) is 0 Å². The summed E-state index contributed by atoms with van der Waals surface area (Å²) in [6.45, 7) is 1.93. The Morgan fingerprint density at radius 3 is 2.84 bits per heavy atom. The van der Waals surface area contributed by atoms with E-state index in [1.54, 1.807) is 25.3 Å². The van der Waals surface area contributed by atoms with Crippen molar-refractivity contribution < 1.29 is 13.2 Å². The Kier molecular flexibility index (Phi) is 3.93. The van der Waals surface area contributed by atoms with Gasteiger partial charge < -0.3 is 4.74 Å². The maximum atomic E-state index is 11.5. The van der Waals surface area contributed by atoms with Crippen LogP contribution in [-0.4, -0.2) is 20.0 Å². The molecule has 0 spiro atoms. The first-order chi connectivity index (χ1) is 9.04. The summed E-state index contributed by atoms with van der Waals surface area (Å²) in [6.07, 6.45) is 1.56. The number of benzene rings is 1. The zero-order valence-corrected chi connectivity index (χ0v) is 11.6. The van der Waals surface area contributed by atoms with E-state index < -0.39 is 9.05 Å². The fourth-order valence-electron chi connectivity index (χ4n) is 1.64. The van der Waals surface area contributed by atoms with Crippen molar-refractivity contribution in [2.24, 2.45) is 0 Å². The molecule has 0 bridgehead atoms. The maximum Gasteiger partial charge on any atom is 0.261 e. The van der Waals surface area contributed by atoms with E-state index in [4.69, 9.17) is 15.4 Å². The molecule has 0 N–H and O–H groups in total. The average Bonchev–Trinajstić information content (AvgIpc) is 2.37. The SMILES string of the molecule is CC#CCOc1ccc(S(=O)(=O)Cl)c2cccnc12. The van der Waals surface area contributed by atoms with Gasteiger partial charge in [-0.25, -0.2) is 8.42 Å². The molecule has 0 amide bonds. The van der Waals surface area contributed by atoms with Gasteiger partial charge in [-0.05, 0) is 31.2 Å². The number of halogens is 1. The number of ether oxygens (including phenoxy) is 1. The molecule has 0 aliphatic rings. The van der Waals surface area contributed by atoms with Crippen LogP contribution in [0.1, 0.15) is 6.92 Å². The Morgan fingerprint density at radius 1 is 1.37 bits per heavy atom. The van der Waals surface area contributed by atoms with E-state index in [1.807, 2.05) is 0 Å². The first kappa shape index (κ1) is 13.7. The minimum absolute atomic E-state index is 0.0196. The van der Waals surface area contributed by atoms with Crippen molar-refractivity contribution >= 4 is 30.6 Å². The summed E-state index contributed by atoms with van der Waals surface area (Å²) in [6, 6.07) is 6.21. The number of pyridine rings is 1.